The fourth-order valence-electron chi connectivity index (χ4n) is 4.08. The third-order valence-corrected chi connectivity index (χ3v) is 5.99. The van der Waals surface area contributed by atoms with Crippen molar-refractivity contribution in [1.82, 2.24) is 0 Å². The van der Waals surface area contributed by atoms with Gasteiger partial charge >= 0.3 is 6.36 Å². The molecule has 0 aromatic heterocycles. The van der Waals surface area contributed by atoms with Crippen LogP contribution in [0.2, 0.25) is 0 Å². The zero-order chi connectivity index (χ0) is 26.2. The van der Waals surface area contributed by atoms with Crippen LogP contribution >= 0.6 is 0 Å². The molecule has 1 unspecified atom stereocenters. The van der Waals surface area contributed by atoms with E-state index in [1.54, 1.807) is 42.5 Å². The van der Waals surface area contributed by atoms with Crippen molar-refractivity contribution in [3.63, 3.8) is 0 Å². The summed E-state index contributed by atoms with van der Waals surface area (Å²) in [4.78, 5) is 27.5. The van der Waals surface area contributed by atoms with Crippen molar-refractivity contribution in [2.24, 2.45) is 0 Å². The molecule has 1 saturated heterocycles. The Bertz CT molecular complexity index is 1360. The van der Waals surface area contributed by atoms with Gasteiger partial charge in [0.2, 0.25) is 0 Å². The second-order valence-corrected chi connectivity index (χ2v) is 8.29. The summed E-state index contributed by atoms with van der Waals surface area (Å²) in [5.74, 6) is -2.38. The number of methoxy groups -OCH3 is 1. The van der Waals surface area contributed by atoms with Gasteiger partial charge in [-0.3, -0.25) is 14.5 Å². The Morgan fingerprint density at radius 1 is 0.917 bits per heavy atom. The van der Waals surface area contributed by atoms with Gasteiger partial charge in [0.15, 0.2) is 0 Å². The van der Waals surface area contributed by atoms with E-state index in [0.717, 1.165) is 28.2 Å². The molecule has 1 aliphatic rings. The highest BCUT2D eigenvalue weighted by molar-refractivity contribution is 6.51. The minimum Gasteiger partial charge on any atom is -0.507 e. The van der Waals surface area contributed by atoms with Gasteiger partial charge in [-0.05, 0) is 60.9 Å². The van der Waals surface area contributed by atoms with Crippen molar-refractivity contribution in [3.8, 4) is 11.5 Å². The summed E-state index contributed by atoms with van der Waals surface area (Å²) >= 11 is 0. The van der Waals surface area contributed by atoms with Gasteiger partial charge in [-0.2, -0.15) is 0 Å². The fraction of sp³-hybridized carbons (Fsp3) is 0.185. The third kappa shape index (κ3) is 4.77. The number of amides is 1. The lowest BCUT2D eigenvalue weighted by Gasteiger charge is -2.26. The number of rotatable bonds is 5. The smallest absolute Gasteiger partial charge is 0.507 e. The van der Waals surface area contributed by atoms with Crippen LogP contribution in [0.25, 0.3) is 5.76 Å². The second kappa shape index (κ2) is 9.41. The van der Waals surface area contributed by atoms with E-state index < -0.39 is 29.8 Å². The first kappa shape index (κ1) is 24.8. The van der Waals surface area contributed by atoms with Gasteiger partial charge in [0.05, 0.1) is 18.7 Å². The summed E-state index contributed by atoms with van der Waals surface area (Å²) in [6.45, 7) is 3.74. The van der Waals surface area contributed by atoms with Crippen LogP contribution in [-0.2, 0) is 9.59 Å². The maximum atomic E-state index is 13.2. The van der Waals surface area contributed by atoms with Crippen LogP contribution in [0.4, 0.5) is 18.9 Å². The lowest BCUT2D eigenvalue weighted by molar-refractivity contribution is -0.274. The summed E-state index contributed by atoms with van der Waals surface area (Å²) in [5, 5.41) is 11.2. The number of anilines is 1. The summed E-state index contributed by atoms with van der Waals surface area (Å²) in [5.41, 5.74) is 2.44. The van der Waals surface area contributed by atoms with Gasteiger partial charge in [0.1, 0.15) is 17.3 Å². The Labute approximate surface area is 205 Å². The summed E-state index contributed by atoms with van der Waals surface area (Å²) in [6, 6.07) is 15.2. The van der Waals surface area contributed by atoms with E-state index in [0.29, 0.717) is 16.9 Å². The van der Waals surface area contributed by atoms with Crippen LogP contribution in [-0.4, -0.2) is 30.3 Å². The van der Waals surface area contributed by atoms with E-state index in [1.807, 2.05) is 13.8 Å². The van der Waals surface area contributed by atoms with E-state index in [-0.39, 0.29) is 17.0 Å². The zero-order valence-corrected chi connectivity index (χ0v) is 19.6. The standard InChI is InChI=1S/C27H22F3NO5/c1-15-7-8-18(13-16(15)2)24(32)22-23(17-9-11-20(35-3)12-10-17)31(26(34)25(22)33)19-5-4-6-21(14-19)36-27(28,29)30/h4-14,23,32H,1-3H3/b24-22+. The maximum absolute atomic E-state index is 13.2. The number of aliphatic hydroxyl groups excluding tert-OH is 1. The molecule has 1 heterocycles. The maximum Gasteiger partial charge on any atom is 0.573 e. The van der Waals surface area contributed by atoms with Crippen molar-refractivity contribution in [2.45, 2.75) is 26.3 Å². The summed E-state index contributed by atoms with van der Waals surface area (Å²) < 4.78 is 47.6. The van der Waals surface area contributed by atoms with Crippen LogP contribution in [0.5, 0.6) is 11.5 Å². The van der Waals surface area contributed by atoms with E-state index in [4.69, 9.17) is 4.74 Å². The Hall–Kier alpha value is -4.27. The van der Waals surface area contributed by atoms with Crippen molar-refractivity contribution >= 4 is 23.1 Å². The predicted octanol–water partition coefficient (Wildman–Crippen LogP) is 5.84. The van der Waals surface area contributed by atoms with Gasteiger partial charge in [0.25, 0.3) is 11.7 Å². The minimum absolute atomic E-state index is 0.00111. The molecule has 9 heteroatoms. The molecule has 4 rings (SSSR count). The molecular weight excluding hydrogens is 475 g/mol. The lowest BCUT2D eigenvalue weighted by atomic mass is 9.94. The first-order chi connectivity index (χ1) is 17.0. The minimum atomic E-state index is -4.94. The average molecular weight is 497 g/mol. The molecule has 0 bridgehead atoms. The number of carbonyl (C=O) groups excluding carboxylic acids is 2. The number of aliphatic hydroxyl groups is 1. The number of carbonyl (C=O) groups is 2. The molecule has 0 aliphatic carbocycles. The molecule has 1 N–H and O–H groups in total. The third-order valence-electron chi connectivity index (χ3n) is 5.99. The van der Waals surface area contributed by atoms with E-state index >= 15 is 0 Å². The molecule has 0 saturated carbocycles. The van der Waals surface area contributed by atoms with Gasteiger partial charge in [-0.15, -0.1) is 13.2 Å². The Morgan fingerprint density at radius 2 is 1.61 bits per heavy atom. The molecule has 1 atom stereocenters. The first-order valence-corrected chi connectivity index (χ1v) is 10.9. The van der Waals surface area contributed by atoms with Gasteiger partial charge in [0, 0.05) is 17.3 Å². The highest BCUT2D eigenvalue weighted by Gasteiger charge is 2.47. The second-order valence-electron chi connectivity index (χ2n) is 8.29. The molecule has 186 valence electrons. The predicted molar refractivity (Wildman–Crippen MR) is 127 cm³/mol. The molecule has 1 fully saturated rings. The molecule has 0 spiro atoms. The molecular formula is C27H22F3NO5. The number of halogens is 3. The van der Waals surface area contributed by atoms with Gasteiger partial charge < -0.3 is 14.6 Å². The van der Waals surface area contributed by atoms with Crippen LogP contribution in [0, 0.1) is 13.8 Å². The van der Waals surface area contributed by atoms with Crippen molar-refractivity contribution in [3.05, 3.63) is 94.6 Å². The van der Waals surface area contributed by atoms with Gasteiger partial charge in [-0.25, -0.2) is 0 Å². The van der Waals surface area contributed by atoms with Gasteiger partial charge in [-0.1, -0.05) is 30.3 Å². The first-order valence-electron chi connectivity index (χ1n) is 10.9. The number of hydrogen-bond donors (Lipinski definition) is 1. The number of Topliss-reactive ketones (excluding diaryl/α,β-unsaturated/α-hetero) is 1. The Morgan fingerprint density at radius 3 is 2.22 bits per heavy atom. The quantitative estimate of drug-likeness (QED) is 0.272. The molecule has 1 aliphatic heterocycles. The normalized spacial score (nSPS) is 17.4. The van der Waals surface area contributed by atoms with E-state index in [9.17, 15) is 27.9 Å². The zero-order valence-electron chi connectivity index (χ0n) is 19.6. The molecule has 3 aromatic rings. The number of nitrogens with zero attached hydrogens (tertiary/aromatic N) is 1. The van der Waals surface area contributed by atoms with Crippen LogP contribution in [0.3, 0.4) is 0 Å². The lowest BCUT2D eigenvalue weighted by Crippen LogP contribution is -2.29. The number of ether oxygens (including phenoxy) is 2. The number of aryl methyl sites for hydroxylation is 2. The van der Waals surface area contributed by atoms with Crippen LogP contribution < -0.4 is 14.4 Å². The Balaban J connectivity index is 1.91. The van der Waals surface area contributed by atoms with Crippen molar-refractivity contribution in [1.29, 1.82) is 0 Å². The van der Waals surface area contributed by atoms with E-state index in [1.165, 1.54) is 19.2 Å². The Kier molecular flexibility index (Phi) is 6.49. The topological polar surface area (TPSA) is 76.1 Å². The number of hydrogen-bond acceptors (Lipinski definition) is 5. The monoisotopic (exact) mass is 497 g/mol. The van der Waals surface area contributed by atoms with Crippen molar-refractivity contribution in [2.75, 3.05) is 12.0 Å². The number of benzene rings is 3. The molecule has 0 radical (unpaired) electrons. The highest BCUT2D eigenvalue weighted by atomic mass is 19.4. The molecule has 3 aromatic carbocycles. The summed E-state index contributed by atoms with van der Waals surface area (Å²) in [6.07, 6.45) is -4.94. The summed E-state index contributed by atoms with van der Waals surface area (Å²) in [7, 11) is 1.48. The molecule has 1 amide bonds. The van der Waals surface area contributed by atoms with Crippen LogP contribution in [0.15, 0.2) is 72.3 Å². The number of ketones is 1. The average Bonchev–Trinajstić information content (AvgIpc) is 3.10. The highest BCUT2D eigenvalue weighted by Crippen LogP contribution is 2.43. The molecule has 6 nitrogen and oxygen atoms in total. The molecule has 36 heavy (non-hydrogen) atoms. The number of alkyl halides is 3. The fourth-order valence-corrected chi connectivity index (χ4v) is 4.08. The van der Waals surface area contributed by atoms with E-state index in [2.05, 4.69) is 4.74 Å². The van der Waals surface area contributed by atoms with Crippen molar-refractivity contribution < 1.29 is 37.3 Å². The van der Waals surface area contributed by atoms with Crippen LogP contribution in [0.1, 0.15) is 28.3 Å². The largest absolute Gasteiger partial charge is 0.573 e. The SMILES string of the molecule is COc1ccc(C2/C(=C(\O)c3ccc(C)c(C)c3)C(=O)C(=O)N2c2cccc(OC(F)(F)F)c2)cc1.